The van der Waals surface area contributed by atoms with Crippen molar-refractivity contribution in [3.63, 3.8) is 0 Å². The predicted octanol–water partition coefficient (Wildman–Crippen LogP) is 3.03. The van der Waals surface area contributed by atoms with Gasteiger partial charge in [-0.1, -0.05) is 25.4 Å². The highest BCUT2D eigenvalue weighted by molar-refractivity contribution is 7.14. The van der Waals surface area contributed by atoms with Gasteiger partial charge in [0.15, 0.2) is 5.13 Å². The Morgan fingerprint density at radius 3 is 2.85 bits per heavy atom. The Hall–Kier alpha value is -0.280. The van der Waals surface area contributed by atoms with E-state index in [2.05, 4.69) is 23.7 Å². The molecule has 1 aliphatic heterocycles. The van der Waals surface area contributed by atoms with Crippen LogP contribution in [0.5, 0.6) is 0 Å². The molecule has 13 heavy (non-hydrogen) atoms. The fourth-order valence-electron chi connectivity index (χ4n) is 1.67. The maximum absolute atomic E-state index is 5.78. The summed E-state index contributed by atoms with van der Waals surface area (Å²) in [5, 5.41) is 3.57. The molecule has 2 rings (SSSR count). The molecule has 0 spiro atoms. The molecule has 1 saturated heterocycles. The van der Waals surface area contributed by atoms with Gasteiger partial charge in [-0.3, -0.25) is 0 Å². The third-order valence-electron chi connectivity index (χ3n) is 2.41. The van der Waals surface area contributed by atoms with Crippen molar-refractivity contribution in [2.45, 2.75) is 20.3 Å². The largest absolute Gasteiger partial charge is 0.347 e. The molecule has 0 atom stereocenters. The second-order valence-corrected chi connectivity index (χ2v) is 5.51. The van der Waals surface area contributed by atoms with E-state index in [4.69, 9.17) is 11.6 Å². The van der Waals surface area contributed by atoms with E-state index in [1.807, 2.05) is 5.38 Å². The molecule has 1 fully saturated rings. The summed E-state index contributed by atoms with van der Waals surface area (Å²) >= 11 is 7.41. The van der Waals surface area contributed by atoms with Crippen LogP contribution in [0.15, 0.2) is 5.38 Å². The standard InChI is InChI=1S/C9H13ClN2S/c1-9(2)3-4-12(6-9)8-11-7(10)5-13-8/h5H,3-4,6H2,1-2H3. The van der Waals surface area contributed by atoms with Crippen molar-refractivity contribution < 1.29 is 0 Å². The minimum Gasteiger partial charge on any atom is -0.347 e. The van der Waals surface area contributed by atoms with Gasteiger partial charge in [-0.05, 0) is 11.8 Å². The summed E-state index contributed by atoms with van der Waals surface area (Å²) in [7, 11) is 0. The molecule has 1 aliphatic rings. The summed E-state index contributed by atoms with van der Waals surface area (Å²) in [5.74, 6) is 0. The lowest BCUT2D eigenvalue weighted by molar-refractivity contribution is 0.418. The van der Waals surface area contributed by atoms with Gasteiger partial charge in [0.05, 0.1) is 0 Å². The van der Waals surface area contributed by atoms with Crippen molar-refractivity contribution in [3.8, 4) is 0 Å². The van der Waals surface area contributed by atoms with Gasteiger partial charge in [0.25, 0.3) is 0 Å². The van der Waals surface area contributed by atoms with E-state index < -0.39 is 0 Å². The van der Waals surface area contributed by atoms with Gasteiger partial charge in [-0.15, -0.1) is 11.3 Å². The fourth-order valence-corrected chi connectivity index (χ4v) is 2.64. The van der Waals surface area contributed by atoms with Crippen molar-refractivity contribution in [3.05, 3.63) is 10.5 Å². The molecule has 0 amide bonds. The number of anilines is 1. The topological polar surface area (TPSA) is 16.1 Å². The van der Waals surface area contributed by atoms with E-state index in [0.717, 1.165) is 18.2 Å². The molecule has 0 unspecified atom stereocenters. The van der Waals surface area contributed by atoms with Crippen LogP contribution in [0.25, 0.3) is 0 Å². The minimum atomic E-state index is 0.429. The maximum atomic E-state index is 5.78. The number of aromatic nitrogens is 1. The number of rotatable bonds is 1. The minimum absolute atomic E-state index is 0.429. The Morgan fingerprint density at radius 1 is 1.62 bits per heavy atom. The average molecular weight is 217 g/mol. The van der Waals surface area contributed by atoms with Crippen LogP contribution < -0.4 is 4.90 Å². The molecule has 72 valence electrons. The quantitative estimate of drug-likeness (QED) is 0.718. The lowest BCUT2D eigenvalue weighted by Gasteiger charge is -2.18. The van der Waals surface area contributed by atoms with Crippen molar-refractivity contribution in [2.24, 2.45) is 5.41 Å². The highest BCUT2D eigenvalue weighted by Crippen LogP contribution is 2.34. The summed E-state index contributed by atoms with van der Waals surface area (Å²) in [6.07, 6.45) is 1.24. The van der Waals surface area contributed by atoms with Gasteiger partial charge in [0.1, 0.15) is 5.15 Å². The van der Waals surface area contributed by atoms with Crippen LogP contribution in [0.2, 0.25) is 5.15 Å². The van der Waals surface area contributed by atoms with E-state index in [-0.39, 0.29) is 0 Å². The first-order chi connectivity index (χ1) is 6.07. The van der Waals surface area contributed by atoms with Crippen molar-refractivity contribution in [2.75, 3.05) is 18.0 Å². The molecule has 0 saturated carbocycles. The average Bonchev–Trinajstić information content (AvgIpc) is 2.56. The molecule has 0 aromatic carbocycles. The maximum Gasteiger partial charge on any atom is 0.186 e. The number of halogens is 1. The zero-order valence-electron chi connectivity index (χ0n) is 7.88. The van der Waals surface area contributed by atoms with Crippen LogP contribution in [0, 0.1) is 5.41 Å². The smallest absolute Gasteiger partial charge is 0.186 e. The lowest BCUT2D eigenvalue weighted by atomic mass is 9.93. The van der Waals surface area contributed by atoms with Crippen molar-refractivity contribution in [1.29, 1.82) is 0 Å². The first kappa shape index (κ1) is 9.28. The Balaban J connectivity index is 2.12. The van der Waals surface area contributed by atoms with E-state index in [9.17, 15) is 0 Å². The summed E-state index contributed by atoms with van der Waals surface area (Å²) in [5.41, 5.74) is 0.429. The molecule has 0 radical (unpaired) electrons. The molecular weight excluding hydrogens is 204 g/mol. The Kier molecular flexibility index (Phi) is 2.24. The zero-order valence-corrected chi connectivity index (χ0v) is 9.45. The predicted molar refractivity (Wildman–Crippen MR) is 57.7 cm³/mol. The number of nitrogens with zero attached hydrogens (tertiary/aromatic N) is 2. The molecular formula is C9H13ClN2S. The van der Waals surface area contributed by atoms with E-state index in [1.165, 1.54) is 6.42 Å². The van der Waals surface area contributed by atoms with Crippen LogP contribution in [0.3, 0.4) is 0 Å². The monoisotopic (exact) mass is 216 g/mol. The van der Waals surface area contributed by atoms with Gasteiger partial charge in [0.2, 0.25) is 0 Å². The second-order valence-electron chi connectivity index (χ2n) is 4.29. The Bertz CT molecular complexity index is 308. The van der Waals surface area contributed by atoms with Gasteiger partial charge in [-0.2, -0.15) is 0 Å². The summed E-state index contributed by atoms with van der Waals surface area (Å²) in [4.78, 5) is 6.58. The third-order valence-corrected chi connectivity index (χ3v) is 3.64. The molecule has 1 aromatic heterocycles. The Labute approximate surface area is 87.5 Å². The van der Waals surface area contributed by atoms with Crippen LogP contribution in [0.4, 0.5) is 5.13 Å². The number of thiazole rings is 1. The number of hydrogen-bond donors (Lipinski definition) is 0. The van der Waals surface area contributed by atoms with Gasteiger partial charge in [0, 0.05) is 18.5 Å². The molecule has 1 aromatic rings. The SMILES string of the molecule is CC1(C)CCN(c2nc(Cl)cs2)C1. The fraction of sp³-hybridized carbons (Fsp3) is 0.667. The van der Waals surface area contributed by atoms with Gasteiger partial charge in [-0.25, -0.2) is 4.98 Å². The highest BCUT2D eigenvalue weighted by Gasteiger charge is 2.30. The normalized spacial score (nSPS) is 21.0. The number of hydrogen-bond acceptors (Lipinski definition) is 3. The van der Waals surface area contributed by atoms with Crippen molar-refractivity contribution >= 4 is 28.1 Å². The van der Waals surface area contributed by atoms with E-state index in [1.54, 1.807) is 11.3 Å². The van der Waals surface area contributed by atoms with Crippen LogP contribution in [-0.2, 0) is 0 Å². The third kappa shape index (κ3) is 1.97. The molecule has 4 heteroatoms. The molecule has 2 heterocycles. The zero-order chi connectivity index (χ0) is 9.47. The van der Waals surface area contributed by atoms with Crippen molar-refractivity contribution in [1.82, 2.24) is 4.98 Å². The molecule has 0 N–H and O–H groups in total. The summed E-state index contributed by atoms with van der Waals surface area (Å²) in [6, 6.07) is 0. The van der Waals surface area contributed by atoms with E-state index >= 15 is 0 Å². The van der Waals surface area contributed by atoms with Crippen LogP contribution >= 0.6 is 22.9 Å². The molecule has 2 nitrogen and oxygen atoms in total. The first-order valence-electron chi connectivity index (χ1n) is 4.43. The Morgan fingerprint density at radius 2 is 2.38 bits per heavy atom. The lowest BCUT2D eigenvalue weighted by Crippen LogP contribution is -2.22. The second kappa shape index (κ2) is 3.14. The van der Waals surface area contributed by atoms with Gasteiger partial charge >= 0.3 is 0 Å². The van der Waals surface area contributed by atoms with Gasteiger partial charge < -0.3 is 4.90 Å². The van der Waals surface area contributed by atoms with Crippen LogP contribution in [-0.4, -0.2) is 18.1 Å². The first-order valence-corrected chi connectivity index (χ1v) is 5.69. The molecule has 0 aliphatic carbocycles. The summed E-state index contributed by atoms with van der Waals surface area (Å²) in [6.45, 7) is 6.79. The summed E-state index contributed by atoms with van der Waals surface area (Å²) < 4.78 is 0. The van der Waals surface area contributed by atoms with E-state index in [0.29, 0.717) is 10.6 Å². The highest BCUT2D eigenvalue weighted by atomic mass is 35.5. The van der Waals surface area contributed by atoms with Crippen LogP contribution in [0.1, 0.15) is 20.3 Å². The molecule has 0 bridgehead atoms.